The Hall–Kier alpha value is -0.960. The molecule has 3 heteroatoms. The molecule has 1 aromatic rings. The van der Waals surface area contributed by atoms with Crippen molar-refractivity contribution >= 4 is 23.4 Å². The minimum atomic E-state index is -0.448. The van der Waals surface area contributed by atoms with Crippen molar-refractivity contribution in [2.24, 2.45) is 0 Å². The van der Waals surface area contributed by atoms with Gasteiger partial charge in [-0.15, -0.1) is 0 Å². The van der Waals surface area contributed by atoms with Gasteiger partial charge in [-0.25, -0.2) is 0 Å². The standard InChI is InChI=1S/C6H4O2S/c7-3-6(8)5-1-2-9-4-5/h1-4H. The van der Waals surface area contributed by atoms with Crippen molar-refractivity contribution in [1.82, 2.24) is 0 Å². The maximum atomic E-state index is 10.5. The molecule has 2 nitrogen and oxygen atoms in total. The molecular formula is C6H4O2S. The Morgan fingerprint density at radius 2 is 2.44 bits per heavy atom. The number of rotatable bonds is 2. The highest BCUT2D eigenvalue weighted by molar-refractivity contribution is 7.08. The fourth-order valence-electron chi connectivity index (χ4n) is 0.473. The third kappa shape index (κ3) is 1.23. The molecule has 0 radical (unpaired) electrons. The molecule has 0 amide bonds. The molecule has 0 saturated heterocycles. The van der Waals surface area contributed by atoms with Crippen LogP contribution in [-0.2, 0) is 4.79 Å². The van der Waals surface area contributed by atoms with Crippen LogP contribution in [0.4, 0.5) is 0 Å². The van der Waals surface area contributed by atoms with Gasteiger partial charge in [0.15, 0.2) is 6.29 Å². The van der Waals surface area contributed by atoms with Gasteiger partial charge >= 0.3 is 0 Å². The van der Waals surface area contributed by atoms with E-state index in [1.54, 1.807) is 16.8 Å². The lowest BCUT2D eigenvalue weighted by molar-refractivity contribution is -0.104. The normalized spacial score (nSPS) is 8.89. The first-order valence-electron chi connectivity index (χ1n) is 2.36. The van der Waals surface area contributed by atoms with Crippen molar-refractivity contribution in [2.75, 3.05) is 0 Å². The summed E-state index contributed by atoms with van der Waals surface area (Å²) in [6.45, 7) is 0. The summed E-state index contributed by atoms with van der Waals surface area (Å²) in [5, 5.41) is 3.41. The van der Waals surface area contributed by atoms with E-state index in [1.807, 2.05) is 0 Å². The van der Waals surface area contributed by atoms with Crippen molar-refractivity contribution in [1.29, 1.82) is 0 Å². The molecule has 0 unspecified atom stereocenters. The number of thiophene rings is 1. The summed E-state index contributed by atoms with van der Waals surface area (Å²) in [5.74, 6) is -0.448. The van der Waals surface area contributed by atoms with Crippen LogP contribution in [0, 0.1) is 0 Å². The molecule has 0 bridgehead atoms. The molecular weight excluding hydrogens is 136 g/mol. The highest BCUT2D eigenvalue weighted by atomic mass is 32.1. The van der Waals surface area contributed by atoms with Crippen LogP contribution in [-0.4, -0.2) is 12.1 Å². The predicted octanol–water partition coefficient (Wildman–Crippen LogP) is 1.13. The summed E-state index contributed by atoms with van der Waals surface area (Å²) in [4.78, 5) is 20.4. The summed E-state index contributed by atoms with van der Waals surface area (Å²) < 4.78 is 0. The molecule has 0 atom stereocenters. The molecule has 1 aromatic heterocycles. The van der Waals surface area contributed by atoms with Crippen LogP contribution >= 0.6 is 11.3 Å². The average Bonchev–Trinajstić information content (AvgIpc) is 2.37. The van der Waals surface area contributed by atoms with Crippen molar-refractivity contribution in [2.45, 2.75) is 0 Å². The highest BCUT2D eigenvalue weighted by Crippen LogP contribution is 2.04. The molecule has 0 aliphatic carbocycles. The highest BCUT2D eigenvalue weighted by Gasteiger charge is 2.01. The number of carbonyl (C=O) groups is 2. The number of aldehydes is 1. The van der Waals surface area contributed by atoms with Gasteiger partial charge in [-0.3, -0.25) is 9.59 Å². The van der Waals surface area contributed by atoms with E-state index in [4.69, 9.17) is 0 Å². The second kappa shape index (κ2) is 2.55. The van der Waals surface area contributed by atoms with Crippen LogP contribution in [0.2, 0.25) is 0 Å². The van der Waals surface area contributed by atoms with Crippen LogP contribution in [0.15, 0.2) is 16.8 Å². The van der Waals surface area contributed by atoms with E-state index in [0.29, 0.717) is 11.8 Å². The van der Waals surface area contributed by atoms with E-state index in [1.165, 1.54) is 11.3 Å². The maximum absolute atomic E-state index is 10.5. The number of carbonyl (C=O) groups excluding carboxylic acids is 2. The molecule has 9 heavy (non-hydrogen) atoms. The number of ketones is 1. The first-order valence-corrected chi connectivity index (χ1v) is 3.30. The van der Waals surface area contributed by atoms with E-state index in [2.05, 4.69) is 0 Å². The zero-order valence-electron chi connectivity index (χ0n) is 4.53. The van der Waals surface area contributed by atoms with Crippen molar-refractivity contribution in [3.05, 3.63) is 22.4 Å². The summed E-state index contributed by atoms with van der Waals surface area (Å²) >= 11 is 1.40. The Morgan fingerprint density at radius 1 is 1.67 bits per heavy atom. The third-order valence-electron chi connectivity index (χ3n) is 0.913. The predicted molar refractivity (Wildman–Crippen MR) is 34.7 cm³/mol. The zero-order chi connectivity index (χ0) is 6.69. The number of Topliss-reactive ketones (excluding diaryl/α,β-unsaturated/α-hetero) is 1. The van der Waals surface area contributed by atoms with Crippen molar-refractivity contribution in [3.63, 3.8) is 0 Å². The largest absolute Gasteiger partial charge is 0.294 e. The van der Waals surface area contributed by atoms with Gasteiger partial charge in [-0.2, -0.15) is 11.3 Å². The van der Waals surface area contributed by atoms with E-state index in [-0.39, 0.29) is 0 Å². The van der Waals surface area contributed by atoms with E-state index < -0.39 is 5.78 Å². The van der Waals surface area contributed by atoms with Gasteiger partial charge in [0.1, 0.15) is 0 Å². The SMILES string of the molecule is O=CC(=O)c1ccsc1. The topological polar surface area (TPSA) is 34.1 Å². The number of hydrogen-bond donors (Lipinski definition) is 0. The molecule has 0 aromatic carbocycles. The van der Waals surface area contributed by atoms with Crippen molar-refractivity contribution in [3.8, 4) is 0 Å². The molecule has 0 aliphatic rings. The van der Waals surface area contributed by atoms with Gasteiger partial charge < -0.3 is 0 Å². The van der Waals surface area contributed by atoms with Crippen LogP contribution in [0.3, 0.4) is 0 Å². The molecule has 0 fully saturated rings. The zero-order valence-corrected chi connectivity index (χ0v) is 5.35. The molecule has 1 heterocycles. The minimum absolute atomic E-state index is 0.321. The van der Waals surface area contributed by atoms with Crippen LogP contribution < -0.4 is 0 Å². The smallest absolute Gasteiger partial charge is 0.226 e. The van der Waals surface area contributed by atoms with E-state index >= 15 is 0 Å². The fourth-order valence-corrected chi connectivity index (χ4v) is 1.12. The van der Waals surface area contributed by atoms with Crippen molar-refractivity contribution < 1.29 is 9.59 Å². The van der Waals surface area contributed by atoms with Gasteiger partial charge in [-0.1, -0.05) is 0 Å². The quantitative estimate of drug-likeness (QED) is 0.350. The molecule has 0 N–H and O–H groups in total. The molecule has 0 aliphatic heterocycles. The van der Waals surface area contributed by atoms with Gasteiger partial charge in [0.25, 0.3) is 0 Å². The first kappa shape index (κ1) is 6.16. The van der Waals surface area contributed by atoms with Gasteiger partial charge in [0, 0.05) is 10.9 Å². The second-order valence-electron chi connectivity index (χ2n) is 1.49. The Balaban J connectivity index is 2.89. The average molecular weight is 140 g/mol. The minimum Gasteiger partial charge on any atom is -0.294 e. The van der Waals surface area contributed by atoms with Gasteiger partial charge in [0.2, 0.25) is 5.78 Å². The lowest BCUT2D eigenvalue weighted by Crippen LogP contribution is -1.95. The third-order valence-corrected chi connectivity index (χ3v) is 1.60. The van der Waals surface area contributed by atoms with Gasteiger partial charge in [0.05, 0.1) is 0 Å². The van der Waals surface area contributed by atoms with Crippen LogP contribution in [0.25, 0.3) is 0 Å². The Bertz CT molecular complexity index is 213. The summed E-state index contributed by atoms with van der Waals surface area (Å²) in [5.41, 5.74) is 0.481. The second-order valence-corrected chi connectivity index (χ2v) is 2.27. The Labute approximate surface area is 56.1 Å². The molecule has 0 saturated carbocycles. The van der Waals surface area contributed by atoms with Crippen LogP contribution in [0.5, 0.6) is 0 Å². The summed E-state index contributed by atoms with van der Waals surface area (Å²) in [6.07, 6.45) is 0.321. The first-order chi connectivity index (χ1) is 4.34. The lowest BCUT2D eigenvalue weighted by Gasteiger charge is -1.79. The monoisotopic (exact) mass is 140 g/mol. The molecule has 1 rings (SSSR count). The van der Waals surface area contributed by atoms with Crippen LogP contribution in [0.1, 0.15) is 10.4 Å². The maximum Gasteiger partial charge on any atom is 0.226 e. The van der Waals surface area contributed by atoms with E-state index in [9.17, 15) is 9.59 Å². The Morgan fingerprint density at radius 3 is 2.89 bits per heavy atom. The van der Waals surface area contributed by atoms with E-state index in [0.717, 1.165) is 0 Å². The number of hydrogen-bond acceptors (Lipinski definition) is 3. The molecule has 46 valence electrons. The van der Waals surface area contributed by atoms with Gasteiger partial charge in [-0.05, 0) is 11.4 Å². The molecule has 0 spiro atoms. The summed E-state index contributed by atoms with van der Waals surface area (Å²) in [6, 6.07) is 1.63. The summed E-state index contributed by atoms with van der Waals surface area (Å²) in [7, 11) is 0. The lowest BCUT2D eigenvalue weighted by atomic mass is 10.2. The fraction of sp³-hybridized carbons (Fsp3) is 0. The Kier molecular flexibility index (Phi) is 1.75.